The average Bonchev–Trinajstić information content (AvgIpc) is 2.70. The van der Waals surface area contributed by atoms with Gasteiger partial charge in [-0.1, -0.05) is 30.2 Å². The van der Waals surface area contributed by atoms with Crippen molar-refractivity contribution in [2.75, 3.05) is 22.7 Å². The second-order valence-corrected chi connectivity index (χ2v) is 9.84. The van der Waals surface area contributed by atoms with Gasteiger partial charge < -0.3 is 5.32 Å². The highest BCUT2D eigenvalue weighted by Gasteiger charge is 2.44. The maximum atomic E-state index is 13.9. The van der Waals surface area contributed by atoms with Gasteiger partial charge in [0.05, 0.1) is 16.3 Å². The van der Waals surface area contributed by atoms with Crippen LogP contribution in [0.1, 0.15) is 30.4 Å². The molecule has 2 aliphatic rings. The second-order valence-electron chi connectivity index (χ2n) is 7.64. The van der Waals surface area contributed by atoms with Crippen LogP contribution < -0.4 is 9.62 Å². The lowest BCUT2D eigenvalue weighted by molar-refractivity contribution is -0.121. The summed E-state index contributed by atoms with van der Waals surface area (Å²) in [5.74, 6) is -0.322. The Kier molecular flexibility index (Phi) is 5.31. The average molecular weight is 434 g/mol. The smallest absolute Gasteiger partial charge is 0.266 e. The monoisotopic (exact) mass is 433 g/mol. The van der Waals surface area contributed by atoms with Crippen molar-refractivity contribution in [3.05, 3.63) is 52.5 Å². The van der Waals surface area contributed by atoms with Crippen LogP contribution >= 0.6 is 11.6 Å². The third kappa shape index (κ3) is 3.52. The van der Waals surface area contributed by atoms with E-state index < -0.39 is 16.2 Å². The minimum atomic E-state index is -4.00. The summed E-state index contributed by atoms with van der Waals surface area (Å²) in [5, 5.41) is 3.41. The first kappa shape index (κ1) is 20.2. The van der Waals surface area contributed by atoms with E-state index in [0.29, 0.717) is 40.6 Å². The molecule has 2 aliphatic heterocycles. The number of anilines is 2. The molecular weight excluding hydrogens is 410 g/mol. The highest BCUT2D eigenvalue weighted by atomic mass is 35.5. The molecular formula is C21H24ClN3O3S. The Hall–Kier alpha value is -2.09. The number of sulfonamides is 1. The first-order valence-corrected chi connectivity index (χ1v) is 11.6. The van der Waals surface area contributed by atoms with E-state index in [9.17, 15) is 13.2 Å². The maximum Gasteiger partial charge on any atom is 0.266 e. The summed E-state index contributed by atoms with van der Waals surface area (Å²) in [7, 11) is -4.00. The summed E-state index contributed by atoms with van der Waals surface area (Å²) >= 11 is 6.20. The van der Waals surface area contributed by atoms with Crippen LogP contribution in [-0.4, -0.2) is 38.5 Å². The molecule has 1 amide bonds. The van der Waals surface area contributed by atoms with E-state index in [1.807, 2.05) is 4.90 Å². The number of likely N-dealkylation sites (tertiary alicyclic amines) is 1. The van der Waals surface area contributed by atoms with E-state index in [-0.39, 0.29) is 10.8 Å². The third-order valence-electron chi connectivity index (χ3n) is 5.59. The second kappa shape index (κ2) is 7.63. The minimum Gasteiger partial charge on any atom is -0.321 e. The lowest BCUT2D eigenvalue weighted by Gasteiger charge is -2.43. The molecule has 2 aromatic carbocycles. The van der Waals surface area contributed by atoms with Gasteiger partial charge >= 0.3 is 0 Å². The number of nitrogens with zero attached hydrogens (tertiary/aromatic N) is 2. The SMILES string of the molecule is Cc1cc(S(=O)(=O)N2c3ccccc3NC(=O)C2N2CCCCC2)c(C)cc1Cl. The molecule has 154 valence electrons. The maximum absolute atomic E-state index is 13.9. The van der Waals surface area contributed by atoms with E-state index in [2.05, 4.69) is 5.32 Å². The van der Waals surface area contributed by atoms with Crippen molar-refractivity contribution < 1.29 is 13.2 Å². The van der Waals surface area contributed by atoms with Crippen LogP contribution in [0.5, 0.6) is 0 Å². The number of para-hydroxylation sites is 2. The van der Waals surface area contributed by atoms with Crippen LogP contribution in [0.25, 0.3) is 0 Å². The van der Waals surface area contributed by atoms with Gasteiger partial charge in [-0.15, -0.1) is 0 Å². The minimum absolute atomic E-state index is 0.172. The molecule has 2 heterocycles. The van der Waals surface area contributed by atoms with Crippen molar-refractivity contribution in [2.45, 2.75) is 44.2 Å². The van der Waals surface area contributed by atoms with Crippen LogP contribution in [0, 0.1) is 13.8 Å². The van der Waals surface area contributed by atoms with Crippen molar-refractivity contribution in [1.82, 2.24) is 4.90 Å². The van der Waals surface area contributed by atoms with Crippen LogP contribution in [0.4, 0.5) is 11.4 Å². The van der Waals surface area contributed by atoms with Crippen LogP contribution in [-0.2, 0) is 14.8 Å². The fourth-order valence-corrected chi connectivity index (χ4v) is 6.22. The Morgan fingerprint density at radius 3 is 2.45 bits per heavy atom. The van der Waals surface area contributed by atoms with Crippen molar-refractivity contribution in [3.63, 3.8) is 0 Å². The van der Waals surface area contributed by atoms with Gasteiger partial charge in [0, 0.05) is 18.1 Å². The molecule has 1 atom stereocenters. The molecule has 1 N–H and O–H groups in total. The number of benzene rings is 2. The van der Waals surface area contributed by atoms with Gasteiger partial charge in [-0.3, -0.25) is 9.69 Å². The number of hydrogen-bond donors (Lipinski definition) is 1. The molecule has 4 rings (SSSR count). The lowest BCUT2D eigenvalue weighted by atomic mass is 10.1. The van der Waals surface area contributed by atoms with E-state index >= 15 is 0 Å². The number of fused-ring (bicyclic) bond motifs is 1. The Morgan fingerprint density at radius 1 is 1.03 bits per heavy atom. The summed E-state index contributed by atoms with van der Waals surface area (Å²) in [6, 6.07) is 10.3. The number of hydrogen-bond acceptors (Lipinski definition) is 4. The van der Waals surface area contributed by atoms with Gasteiger partial charge in [0.2, 0.25) is 0 Å². The van der Waals surface area contributed by atoms with Gasteiger partial charge in [0.25, 0.3) is 15.9 Å². The quantitative estimate of drug-likeness (QED) is 0.796. The summed E-state index contributed by atoms with van der Waals surface area (Å²) in [6.07, 6.45) is 2.06. The molecule has 0 bridgehead atoms. The predicted molar refractivity (Wildman–Crippen MR) is 115 cm³/mol. The predicted octanol–water partition coefficient (Wildman–Crippen LogP) is 3.92. The molecule has 0 aromatic heterocycles. The normalized spacial score (nSPS) is 20.3. The molecule has 1 fully saturated rings. The number of carbonyl (C=O) groups is 1. The number of nitrogens with one attached hydrogen (secondary N) is 1. The molecule has 8 heteroatoms. The molecule has 0 aliphatic carbocycles. The molecule has 1 unspecified atom stereocenters. The largest absolute Gasteiger partial charge is 0.321 e. The summed E-state index contributed by atoms with van der Waals surface area (Å²) in [6.45, 7) is 4.87. The van der Waals surface area contributed by atoms with Crippen molar-refractivity contribution >= 4 is 38.9 Å². The molecule has 2 aromatic rings. The van der Waals surface area contributed by atoms with E-state index in [1.165, 1.54) is 4.31 Å². The number of piperidine rings is 1. The van der Waals surface area contributed by atoms with E-state index in [0.717, 1.165) is 19.3 Å². The van der Waals surface area contributed by atoms with Crippen LogP contribution in [0.15, 0.2) is 41.3 Å². The zero-order chi connectivity index (χ0) is 20.8. The van der Waals surface area contributed by atoms with Crippen molar-refractivity contribution in [3.8, 4) is 0 Å². The highest BCUT2D eigenvalue weighted by Crippen LogP contribution is 2.39. The van der Waals surface area contributed by atoms with Gasteiger partial charge in [-0.25, -0.2) is 12.7 Å². The molecule has 0 saturated carbocycles. The molecule has 1 saturated heterocycles. The summed E-state index contributed by atoms with van der Waals surface area (Å²) in [5.41, 5.74) is 2.22. The molecule has 6 nitrogen and oxygen atoms in total. The zero-order valence-corrected chi connectivity index (χ0v) is 18.1. The Bertz CT molecular complexity index is 1060. The standard InChI is InChI=1S/C21H24ClN3O3S/c1-14-13-19(15(2)12-16(14)22)29(27,28)25-18-9-5-4-8-17(18)23-20(26)21(25)24-10-6-3-7-11-24/h4-5,8-9,12-13,21H,3,6-7,10-11H2,1-2H3,(H,23,26). The van der Waals surface area contributed by atoms with Crippen molar-refractivity contribution in [2.24, 2.45) is 0 Å². The number of halogens is 1. The zero-order valence-electron chi connectivity index (χ0n) is 16.5. The lowest BCUT2D eigenvalue weighted by Crippen LogP contribution is -2.60. The number of aryl methyl sites for hydroxylation is 2. The topological polar surface area (TPSA) is 69.7 Å². The van der Waals surface area contributed by atoms with Crippen LogP contribution in [0.2, 0.25) is 5.02 Å². The Balaban J connectivity index is 1.91. The van der Waals surface area contributed by atoms with Gasteiger partial charge in [0.15, 0.2) is 6.17 Å². The summed E-state index contributed by atoms with van der Waals surface area (Å²) in [4.78, 5) is 15.2. The van der Waals surface area contributed by atoms with Gasteiger partial charge in [0.1, 0.15) is 0 Å². The highest BCUT2D eigenvalue weighted by molar-refractivity contribution is 7.93. The first-order chi connectivity index (χ1) is 13.8. The summed E-state index contributed by atoms with van der Waals surface area (Å²) < 4.78 is 29.1. The molecule has 0 radical (unpaired) electrons. The number of carbonyl (C=O) groups excluding carboxylic acids is 1. The number of rotatable bonds is 3. The third-order valence-corrected chi connectivity index (χ3v) is 7.90. The molecule has 0 spiro atoms. The Morgan fingerprint density at radius 2 is 1.72 bits per heavy atom. The number of amides is 1. The molecule has 29 heavy (non-hydrogen) atoms. The Labute approximate surface area is 176 Å². The fourth-order valence-electron chi connectivity index (χ4n) is 4.08. The van der Waals surface area contributed by atoms with Gasteiger partial charge in [-0.2, -0.15) is 0 Å². The van der Waals surface area contributed by atoms with Crippen molar-refractivity contribution in [1.29, 1.82) is 0 Å². The fraction of sp³-hybridized carbons (Fsp3) is 0.381. The van der Waals surface area contributed by atoms with E-state index in [1.54, 1.807) is 50.2 Å². The van der Waals surface area contributed by atoms with Gasteiger partial charge in [-0.05, 0) is 62.1 Å². The van der Waals surface area contributed by atoms with Crippen LogP contribution in [0.3, 0.4) is 0 Å². The van der Waals surface area contributed by atoms with E-state index in [4.69, 9.17) is 11.6 Å². The first-order valence-electron chi connectivity index (χ1n) is 9.76.